The van der Waals surface area contributed by atoms with Crippen molar-refractivity contribution in [2.45, 2.75) is 19.9 Å². The van der Waals surface area contributed by atoms with E-state index in [1.165, 1.54) is 0 Å². The Morgan fingerprint density at radius 3 is 2.61 bits per heavy atom. The van der Waals surface area contributed by atoms with Crippen LogP contribution in [0.25, 0.3) is 0 Å². The van der Waals surface area contributed by atoms with Gasteiger partial charge in [-0.3, -0.25) is 9.59 Å². The molecule has 2 aromatic rings. The smallest absolute Gasteiger partial charge is 0.251 e. The predicted octanol–water partition coefficient (Wildman–Crippen LogP) is 1.90. The number of aliphatic imine (C=N–C) groups is 1. The molecule has 1 saturated heterocycles. The Hall–Kier alpha value is -2.82. The lowest BCUT2D eigenvalue weighted by molar-refractivity contribution is -0.120. The van der Waals surface area contributed by atoms with Crippen molar-refractivity contribution in [2.24, 2.45) is 4.99 Å². The van der Waals surface area contributed by atoms with E-state index in [9.17, 15) is 9.59 Å². The predicted molar refractivity (Wildman–Crippen MR) is 143 cm³/mol. The SMILES string of the molecule is CCNC(=NCc1ccc(N2CCNC(=O)C2)cc1)NCCc1cccc(C(=O)NC)c1.I. The van der Waals surface area contributed by atoms with Crippen molar-refractivity contribution < 1.29 is 9.59 Å². The molecule has 0 aromatic heterocycles. The number of carbonyl (C=O) groups excluding carboxylic acids is 2. The number of halogens is 1. The Morgan fingerprint density at radius 2 is 1.91 bits per heavy atom. The molecule has 2 amide bonds. The summed E-state index contributed by atoms with van der Waals surface area (Å²) in [5.41, 5.74) is 3.91. The number of hydrogen-bond acceptors (Lipinski definition) is 4. The molecule has 4 N–H and O–H groups in total. The van der Waals surface area contributed by atoms with Gasteiger partial charge in [-0.2, -0.15) is 0 Å². The van der Waals surface area contributed by atoms with E-state index in [2.05, 4.69) is 43.3 Å². The van der Waals surface area contributed by atoms with Gasteiger partial charge in [0.2, 0.25) is 5.91 Å². The first-order chi connectivity index (χ1) is 15.6. The van der Waals surface area contributed by atoms with E-state index in [1.54, 1.807) is 7.05 Å². The number of amides is 2. The van der Waals surface area contributed by atoms with E-state index < -0.39 is 0 Å². The van der Waals surface area contributed by atoms with Crippen LogP contribution in [0, 0.1) is 0 Å². The number of nitrogens with zero attached hydrogens (tertiary/aromatic N) is 2. The van der Waals surface area contributed by atoms with Crippen LogP contribution in [-0.4, -0.2) is 57.5 Å². The molecule has 9 heteroatoms. The number of nitrogens with one attached hydrogen (secondary N) is 4. The second-order valence-electron chi connectivity index (χ2n) is 7.59. The van der Waals surface area contributed by atoms with Crippen molar-refractivity contribution in [1.29, 1.82) is 0 Å². The molecule has 0 radical (unpaired) electrons. The minimum Gasteiger partial charge on any atom is -0.360 e. The van der Waals surface area contributed by atoms with E-state index in [4.69, 9.17) is 0 Å². The number of hydrogen-bond donors (Lipinski definition) is 4. The highest BCUT2D eigenvalue weighted by Crippen LogP contribution is 2.16. The van der Waals surface area contributed by atoms with Crippen LogP contribution in [0.4, 0.5) is 5.69 Å². The normalized spacial score (nSPS) is 13.6. The molecular weight excluding hydrogens is 531 g/mol. The van der Waals surface area contributed by atoms with Crippen LogP contribution in [0.15, 0.2) is 53.5 Å². The zero-order valence-electron chi connectivity index (χ0n) is 19.2. The summed E-state index contributed by atoms with van der Waals surface area (Å²) < 4.78 is 0. The van der Waals surface area contributed by atoms with Crippen LogP contribution in [0.3, 0.4) is 0 Å². The zero-order valence-corrected chi connectivity index (χ0v) is 21.5. The van der Waals surface area contributed by atoms with Crippen molar-refractivity contribution in [3.8, 4) is 0 Å². The highest BCUT2D eigenvalue weighted by atomic mass is 127. The van der Waals surface area contributed by atoms with Crippen molar-refractivity contribution in [2.75, 3.05) is 44.7 Å². The van der Waals surface area contributed by atoms with E-state index in [0.29, 0.717) is 31.7 Å². The third-order valence-electron chi connectivity index (χ3n) is 5.23. The number of carbonyl (C=O) groups is 2. The molecule has 1 aliphatic heterocycles. The highest BCUT2D eigenvalue weighted by Gasteiger charge is 2.16. The van der Waals surface area contributed by atoms with Gasteiger partial charge >= 0.3 is 0 Å². The first-order valence-corrected chi connectivity index (χ1v) is 11.0. The second-order valence-corrected chi connectivity index (χ2v) is 7.59. The Labute approximate surface area is 212 Å². The lowest BCUT2D eigenvalue weighted by atomic mass is 10.1. The van der Waals surface area contributed by atoms with Gasteiger partial charge < -0.3 is 26.2 Å². The minimum absolute atomic E-state index is 0. The number of guanidine groups is 1. The van der Waals surface area contributed by atoms with E-state index in [0.717, 1.165) is 42.3 Å². The summed E-state index contributed by atoms with van der Waals surface area (Å²) in [7, 11) is 1.63. The van der Waals surface area contributed by atoms with Crippen molar-refractivity contribution in [3.63, 3.8) is 0 Å². The van der Waals surface area contributed by atoms with Crippen LogP contribution >= 0.6 is 24.0 Å². The highest BCUT2D eigenvalue weighted by molar-refractivity contribution is 14.0. The van der Waals surface area contributed by atoms with Crippen LogP contribution in [0.2, 0.25) is 0 Å². The molecule has 0 atom stereocenters. The summed E-state index contributed by atoms with van der Waals surface area (Å²) in [4.78, 5) is 30.2. The average Bonchev–Trinajstić information content (AvgIpc) is 2.82. The van der Waals surface area contributed by atoms with Crippen LogP contribution in [-0.2, 0) is 17.8 Å². The molecule has 0 spiro atoms. The number of benzene rings is 2. The van der Waals surface area contributed by atoms with Crippen molar-refractivity contribution in [3.05, 3.63) is 65.2 Å². The molecule has 178 valence electrons. The number of anilines is 1. The fraction of sp³-hybridized carbons (Fsp3) is 0.375. The Morgan fingerprint density at radius 1 is 1.12 bits per heavy atom. The van der Waals surface area contributed by atoms with Crippen LogP contribution in [0.5, 0.6) is 0 Å². The number of rotatable bonds is 8. The summed E-state index contributed by atoms with van der Waals surface area (Å²) in [5.74, 6) is 0.739. The third-order valence-corrected chi connectivity index (χ3v) is 5.23. The largest absolute Gasteiger partial charge is 0.360 e. The molecule has 1 heterocycles. The lowest BCUT2D eigenvalue weighted by Crippen LogP contribution is -2.47. The van der Waals surface area contributed by atoms with E-state index in [1.807, 2.05) is 43.3 Å². The van der Waals surface area contributed by atoms with Gasteiger partial charge in [0.15, 0.2) is 5.96 Å². The molecule has 1 aliphatic rings. The molecule has 0 aliphatic carbocycles. The summed E-state index contributed by atoms with van der Waals surface area (Å²) in [6, 6.07) is 15.8. The molecular formula is C24H33IN6O2. The number of piperazine rings is 1. The van der Waals surface area contributed by atoms with Gasteiger partial charge in [0.25, 0.3) is 5.91 Å². The summed E-state index contributed by atoms with van der Waals surface area (Å²) in [5, 5.41) is 12.1. The van der Waals surface area contributed by atoms with Gasteiger partial charge in [-0.25, -0.2) is 4.99 Å². The molecule has 0 bridgehead atoms. The Balaban J connectivity index is 0.00000385. The fourth-order valence-electron chi connectivity index (χ4n) is 3.52. The maximum Gasteiger partial charge on any atom is 0.251 e. The van der Waals surface area contributed by atoms with Gasteiger partial charge in [-0.05, 0) is 48.7 Å². The average molecular weight is 564 g/mol. The molecule has 2 aromatic carbocycles. The van der Waals surface area contributed by atoms with Crippen molar-refractivity contribution >= 4 is 47.4 Å². The first-order valence-electron chi connectivity index (χ1n) is 11.0. The Bertz CT molecular complexity index is 948. The summed E-state index contributed by atoms with van der Waals surface area (Å²) in [6.07, 6.45) is 0.785. The topological polar surface area (TPSA) is 97.9 Å². The van der Waals surface area contributed by atoms with Crippen LogP contribution < -0.4 is 26.2 Å². The van der Waals surface area contributed by atoms with Crippen LogP contribution in [0.1, 0.15) is 28.4 Å². The maximum absolute atomic E-state index is 11.8. The van der Waals surface area contributed by atoms with Gasteiger partial charge in [0.1, 0.15) is 0 Å². The molecule has 0 saturated carbocycles. The van der Waals surface area contributed by atoms with Gasteiger partial charge in [0.05, 0.1) is 13.1 Å². The monoisotopic (exact) mass is 564 g/mol. The molecule has 3 rings (SSSR count). The molecule has 8 nitrogen and oxygen atoms in total. The molecule has 33 heavy (non-hydrogen) atoms. The lowest BCUT2D eigenvalue weighted by Gasteiger charge is -2.28. The Kier molecular flexibility index (Phi) is 10.9. The van der Waals surface area contributed by atoms with Crippen molar-refractivity contribution in [1.82, 2.24) is 21.3 Å². The maximum atomic E-state index is 11.8. The molecule has 1 fully saturated rings. The third kappa shape index (κ3) is 8.23. The first kappa shape index (κ1) is 26.4. The second kappa shape index (κ2) is 13.7. The van der Waals surface area contributed by atoms with Gasteiger partial charge in [-0.1, -0.05) is 24.3 Å². The summed E-state index contributed by atoms with van der Waals surface area (Å²) >= 11 is 0. The summed E-state index contributed by atoms with van der Waals surface area (Å²) in [6.45, 7) is 5.98. The fourth-order valence-corrected chi connectivity index (χ4v) is 3.52. The van der Waals surface area contributed by atoms with Gasteiger partial charge in [-0.15, -0.1) is 24.0 Å². The minimum atomic E-state index is -0.0794. The van der Waals surface area contributed by atoms with E-state index >= 15 is 0 Å². The zero-order chi connectivity index (χ0) is 22.8. The quantitative estimate of drug-likeness (QED) is 0.223. The van der Waals surface area contributed by atoms with E-state index in [-0.39, 0.29) is 35.8 Å². The molecule has 0 unspecified atom stereocenters. The standard InChI is InChI=1S/C24H32N6O2.HI/c1-3-26-24(28-12-11-18-5-4-6-20(15-18)23(32)25-2)29-16-19-7-9-21(10-8-19)30-14-13-27-22(31)17-30;/h4-10,15H,3,11-14,16-17H2,1-2H3,(H,25,32)(H,27,31)(H2,26,28,29);1H. The van der Waals surface area contributed by atoms with Gasteiger partial charge in [0, 0.05) is 44.5 Å².